The summed E-state index contributed by atoms with van der Waals surface area (Å²) < 4.78 is 5.12. The highest BCUT2D eigenvalue weighted by molar-refractivity contribution is 6.29. The second kappa shape index (κ2) is 5.71. The van der Waals surface area contributed by atoms with E-state index in [1.807, 2.05) is 13.0 Å². The molecule has 19 heavy (non-hydrogen) atoms. The zero-order chi connectivity index (χ0) is 13.8. The fourth-order valence-electron chi connectivity index (χ4n) is 1.64. The second-order valence-electron chi connectivity index (χ2n) is 4.00. The van der Waals surface area contributed by atoms with Crippen LogP contribution in [0.2, 0.25) is 5.15 Å². The lowest BCUT2D eigenvalue weighted by Gasteiger charge is -2.10. The van der Waals surface area contributed by atoms with Crippen LogP contribution in [0, 0.1) is 6.92 Å². The van der Waals surface area contributed by atoms with Gasteiger partial charge in [0.1, 0.15) is 10.9 Å². The topological polar surface area (TPSA) is 51.2 Å². The summed E-state index contributed by atoms with van der Waals surface area (Å²) >= 11 is 5.76. The summed E-state index contributed by atoms with van der Waals surface area (Å²) in [4.78, 5) is 15.9. The van der Waals surface area contributed by atoms with Crippen molar-refractivity contribution in [1.82, 2.24) is 4.98 Å². The number of nitrogens with zero attached hydrogens (tertiary/aromatic N) is 1. The van der Waals surface area contributed by atoms with Gasteiger partial charge >= 0.3 is 0 Å². The Bertz CT molecular complexity index is 614. The molecule has 1 aromatic heterocycles. The number of amides is 1. The van der Waals surface area contributed by atoms with Crippen LogP contribution in [0.3, 0.4) is 0 Å². The minimum atomic E-state index is -0.224. The Morgan fingerprint density at radius 1 is 1.32 bits per heavy atom. The predicted molar refractivity (Wildman–Crippen MR) is 74.9 cm³/mol. The van der Waals surface area contributed by atoms with E-state index in [0.717, 1.165) is 17.0 Å². The van der Waals surface area contributed by atoms with Crippen LogP contribution in [0.5, 0.6) is 5.75 Å². The SMILES string of the molecule is COc1ccc(NC(=O)c2ccnc(Cl)c2)c(C)c1. The van der Waals surface area contributed by atoms with Crippen LogP contribution >= 0.6 is 11.6 Å². The van der Waals surface area contributed by atoms with Crippen LogP contribution in [-0.2, 0) is 0 Å². The molecule has 0 atom stereocenters. The van der Waals surface area contributed by atoms with Crippen molar-refractivity contribution in [2.45, 2.75) is 6.92 Å². The number of aryl methyl sites for hydroxylation is 1. The molecule has 0 saturated heterocycles. The summed E-state index contributed by atoms with van der Waals surface area (Å²) in [5, 5.41) is 3.11. The first kappa shape index (κ1) is 13.4. The van der Waals surface area contributed by atoms with Crippen LogP contribution < -0.4 is 10.1 Å². The van der Waals surface area contributed by atoms with E-state index in [0.29, 0.717) is 10.7 Å². The van der Waals surface area contributed by atoms with E-state index in [-0.39, 0.29) is 5.91 Å². The van der Waals surface area contributed by atoms with Crippen molar-refractivity contribution in [1.29, 1.82) is 0 Å². The van der Waals surface area contributed by atoms with Crippen molar-refractivity contribution in [2.24, 2.45) is 0 Å². The number of anilines is 1. The maximum absolute atomic E-state index is 12.0. The third kappa shape index (κ3) is 3.23. The zero-order valence-electron chi connectivity index (χ0n) is 10.6. The molecule has 98 valence electrons. The molecule has 0 bridgehead atoms. The van der Waals surface area contributed by atoms with Crippen molar-refractivity contribution in [3.8, 4) is 5.75 Å². The van der Waals surface area contributed by atoms with E-state index in [1.54, 1.807) is 25.3 Å². The fourth-order valence-corrected chi connectivity index (χ4v) is 1.82. The molecule has 0 aliphatic carbocycles. The normalized spacial score (nSPS) is 10.1. The van der Waals surface area contributed by atoms with Gasteiger partial charge in [0.05, 0.1) is 7.11 Å². The minimum Gasteiger partial charge on any atom is -0.497 e. The molecule has 0 spiro atoms. The van der Waals surface area contributed by atoms with Gasteiger partial charge in [-0.3, -0.25) is 4.79 Å². The third-order valence-electron chi connectivity index (χ3n) is 2.67. The van der Waals surface area contributed by atoms with E-state index in [9.17, 15) is 4.79 Å². The van der Waals surface area contributed by atoms with E-state index in [4.69, 9.17) is 16.3 Å². The Kier molecular flexibility index (Phi) is 4.02. The van der Waals surface area contributed by atoms with Gasteiger partial charge in [-0.2, -0.15) is 0 Å². The number of hydrogen-bond acceptors (Lipinski definition) is 3. The minimum absolute atomic E-state index is 0.224. The number of carbonyl (C=O) groups excluding carboxylic acids is 1. The largest absolute Gasteiger partial charge is 0.497 e. The molecule has 0 radical (unpaired) electrons. The Labute approximate surface area is 116 Å². The van der Waals surface area contributed by atoms with Gasteiger partial charge in [-0.1, -0.05) is 11.6 Å². The number of methoxy groups -OCH3 is 1. The van der Waals surface area contributed by atoms with Crippen LogP contribution in [0.4, 0.5) is 5.69 Å². The maximum Gasteiger partial charge on any atom is 0.255 e. The van der Waals surface area contributed by atoms with Crippen LogP contribution in [0.1, 0.15) is 15.9 Å². The molecule has 0 unspecified atom stereocenters. The molecule has 1 amide bonds. The van der Waals surface area contributed by atoms with Gasteiger partial charge in [-0.25, -0.2) is 4.98 Å². The standard InChI is InChI=1S/C14H13ClN2O2/c1-9-7-11(19-2)3-4-12(9)17-14(18)10-5-6-16-13(15)8-10/h3-8H,1-2H3,(H,17,18). The molecule has 1 N–H and O–H groups in total. The molecule has 0 aliphatic rings. The lowest BCUT2D eigenvalue weighted by molar-refractivity contribution is 0.102. The molecule has 2 aromatic rings. The fraction of sp³-hybridized carbons (Fsp3) is 0.143. The number of aromatic nitrogens is 1. The van der Waals surface area contributed by atoms with Gasteiger partial charge in [0.25, 0.3) is 5.91 Å². The monoisotopic (exact) mass is 276 g/mol. The molecule has 0 fully saturated rings. The number of carbonyl (C=O) groups is 1. The molecule has 2 rings (SSSR count). The van der Waals surface area contributed by atoms with E-state index in [2.05, 4.69) is 10.3 Å². The Morgan fingerprint density at radius 3 is 2.74 bits per heavy atom. The molecule has 0 aliphatic heterocycles. The molecular formula is C14H13ClN2O2. The molecular weight excluding hydrogens is 264 g/mol. The highest BCUT2D eigenvalue weighted by atomic mass is 35.5. The first-order valence-electron chi connectivity index (χ1n) is 5.67. The number of halogens is 1. The lowest BCUT2D eigenvalue weighted by atomic mass is 10.1. The Morgan fingerprint density at radius 2 is 2.11 bits per heavy atom. The second-order valence-corrected chi connectivity index (χ2v) is 4.39. The van der Waals surface area contributed by atoms with E-state index in [1.165, 1.54) is 12.3 Å². The van der Waals surface area contributed by atoms with Crippen LogP contribution in [0.15, 0.2) is 36.5 Å². The average molecular weight is 277 g/mol. The highest BCUT2D eigenvalue weighted by Gasteiger charge is 2.09. The Hall–Kier alpha value is -2.07. The summed E-state index contributed by atoms with van der Waals surface area (Å²) in [6.07, 6.45) is 1.50. The highest BCUT2D eigenvalue weighted by Crippen LogP contribution is 2.21. The van der Waals surface area contributed by atoms with Gasteiger partial charge in [-0.05, 0) is 42.8 Å². The van der Waals surface area contributed by atoms with E-state index >= 15 is 0 Å². The zero-order valence-corrected chi connectivity index (χ0v) is 11.4. The smallest absolute Gasteiger partial charge is 0.255 e. The number of hydrogen-bond donors (Lipinski definition) is 1. The van der Waals surface area contributed by atoms with Gasteiger partial charge in [0.2, 0.25) is 0 Å². The molecule has 5 heteroatoms. The first-order chi connectivity index (χ1) is 9.10. The van der Waals surface area contributed by atoms with Gasteiger partial charge in [0, 0.05) is 17.4 Å². The molecule has 4 nitrogen and oxygen atoms in total. The molecule has 0 saturated carbocycles. The van der Waals surface area contributed by atoms with Crippen molar-refractivity contribution in [3.05, 3.63) is 52.8 Å². The third-order valence-corrected chi connectivity index (χ3v) is 2.88. The van der Waals surface area contributed by atoms with Gasteiger partial charge < -0.3 is 10.1 Å². The predicted octanol–water partition coefficient (Wildman–Crippen LogP) is 3.30. The quantitative estimate of drug-likeness (QED) is 0.875. The van der Waals surface area contributed by atoms with Gasteiger partial charge in [-0.15, -0.1) is 0 Å². The van der Waals surface area contributed by atoms with Crippen molar-refractivity contribution >= 4 is 23.2 Å². The van der Waals surface area contributed by atoms with Crippen molar-refractivity contribution < 1.29 is 9.53 Å². The number of nitrogens with one attached hydrogen (secondary N) is 1. The summed E-state index contributed by atoms with van der Waals surface area (Å²) in [5.74, 6) is 0.528. The summed E-state index contributed by atoms with van der Waals surface area (Å²) in [6, 6.07) is 8.59. The number of benzene rings is 1. The maximum atomic E-state index is 12.0. The number of rotatable bonds is 3. The van der Waals surface area contributed by atoms with E-state index < -0.39 is 0 Å². The van der Waals surface area contributed by atoms with Crippen LogP contribution in [-0.4, -0.2) is 18.0 Å². The van der Waals surface area contributed by atoms with Crippen molar-refractivity contribution in [2.75, 3.05) is 12.4 Å². The number of pyridine rings is 1. The van der Waals surface area contributed by atoms with Crippen LogP contribution in [0.25, 0.3) is 0 Å². The molecule has 1 heterocycles. The summed E-state index contributed by atoms with van der Waals surface area (Å²) in [7, 11) is 1.60. The van der Waals surface area contributed by atoms with Crippen molar-refractivity contribution in [3.63, 3.8) is 0 Å². The molecule has 1 aromatic carbocycles. The Balaban J connectivity index is 2.19. The lowest BCUT2D eigenvalue weighted by Crippen LogP contribution is -2.12. The average Bonchev–Trinajstić information content (AvgIpc) is 2.41. The van der Waals surface area contributed by atoms with Gasteiger partial charge in [0.15, 0.2) is 0 Å². The summed E-state index contributed by atoms with van der Waals surface area (Å²) in [5.41, 5.74) is 2.13. The first-order valence-corrected chi connectivity index (χ1v) is 6.05. The number of ether oxygens (including phenoxy) is 1. The summed E-state index contributed by atoms with van der Waals surface area (Å²) in [6.45, 7) is 1.90.